The number of pyridine rings is 1. The minimum absolute atomic E-state index is 0.277. The molecule has 2 rings (SSSR count). The lowest BCUT2D eigenvalue weighted by Crippen LogP contribution is -2.25. The fourth-order valence-corrected chi connectivity index (χ4v) is 1.20. The second-order valence-corrected chi connectivity index (χ2v) is 2.78. The number of hydrogen-bond donors (Lipinski definition) is 2. The van der Waals surface area contributed by atoms with Gasteiger partial charge in [-0.2, -0.15) is 0 Å². The molecule has 2 aromatic heterocycles. The number of amides is 2. The maximum Gasteiger partial charge on any atom is 0.321 e. The predicted octanol–water partition coefficient (Wildman–Crippen LogP) is 1.09. The number of hydrogen-bond acceptors (Lipinski definition) is 2. The molecule has 0 fully saturated rings. The molecule has 0 unspecified atom stereocenters. The first-order valence-corrected chi connectivity index (χ1v) is 4.22. The molecule has 0 saturated heterocycles. The highest BCUT2D eigenvalue weighted by atomic mass is 16.2. The van der Waals surface area contributed by atoms with Gasteiger partial charge in [0.05, 0.1) is 11.7 Å². The number of nitrogens with zero attached hydrogens (tertiary/aromatic N) is 2. The number of rotatable bonds is 1. The molecule has 5 heteroatoms. The Kier molecular flexibility index (Phi) is 2.06. The van der Waals surface area contributed by atoms with Crippen LogP contribution in [-0.2, 0) is 0 Å². The molecule has 0 saturated carbocycles. The Bertz CT molecular complexity index is 463. The van der Waals surface area contributed by atoms with Gasteiger partial charge in [0.2, 0.25) is 5.95 Å². The van der Waals surface area contributed by atoms with E-state index in [1.807, 2.05) is 24.4 Å². The number of fused-ring (bicyclic) bond motifs is 1. The Morgan fingerprint density at radius 2 is 2.36 bits per heavy atom. The van der Waals surface area contributed by atoms with E-state index < -0.39 is 0 Å². The molecule has 2 amide bonds. The molecule has 0 aliphatic heterocycles. The molecule has 0 bridgehead atoms. The van der Waals surface area contributed by atoms with Crippen LogP contribution in [0.3, 0.4) is 0 Å². The second-order valence-electron chi connectivity index (χ2n) is 2.78. The number of anilines is 1. The summed E-state index contributed by atoms with van der Waals surface area (Å²) in [7, 11) is 1.56. The molecular formula is C9H10N4O. The molecule has 14 heavy (non-hydrogen) atoms. The van der Waals surface area contributed by atoms with Crippen LogP contribution in [0.4, 0.5) is 10.7 Å². The highest BCUT2D eigenvalue weighted by molar-refractivity contribution is 5.87. The molecule has 2 heterocycles. The van der Waals surface area contributed by atoms with Gasteiger partial charge in [-0.3, -0.25) is 9.72 Å². The van der Waals surface area contributed by atoms with Gasteiger partial charge in [-0.15, -0.1) is 0 Å². The molecule has 0 spiro atoms. The Balaban J connectivity index is 2.38. The summed E-state index contributed by atoms with van der Waals surface area (Å²) in [6, 6.07) is 5.44. The topological polar surface area (TPSA) is 58.4 Å². The van der Waals surface area contributed by atoms with Crippen molar-refractivity contribution in [3.8, 4) is 0 Å². The fourth-order valence-electron chi connectivity index (χ4n) is 1.20. The zero-order chi connectivity index (χ0) is 9.97. The quantitative estimate of drug-likeness (QED) is 0.707. The lowest BCUT2D eigenvalue weighted by molar-refractivity contribution is 0.254. The lowest BCUT2D eigenvalue weighted by Gasteiger charge is -2.02. The summed E-state index contributed by atoms with van der Waals surface area (Å²) in [5.41, 5.74) is 0.943. The molecule has 0 aromatic carbocycles. The second kappa shape index (κ2) is 3.37. The smallest absolute Gasteiger partial charge is 0.321 e. The van der Waals surface area contributed by atoms with E-state index in [9.17, 15) is 4.79 Å². The predicted molar refractivity (Wildman–Crippen MR) is 53.3 cm³/mol. The molecule has 0 radical (unpaired) electrons. The van der Waals surface area contributed by atoms with Crippen molar-refractivity contribution in [1.82, 2.24) is 14.7 Å². The Morgan fingerprint density at radius 3 is 3.14 bits per heavy atom. The monoisotopic (exact) mass is 190 g/mol. The number of imidazole rings is 1. The van der Waals surface area contributed by atoms with Crippen molar-refractivity contribution >= 4 is 17.5 Å². The number of aromatic nitrogens is 2. The van der Waals surface area contributed by atoms with Gasteiger partial charge in [0.1, 0.15) is 0 Å². The molecule has 5 nitrogen and oxygen atoms in total. The van der Waals surface area contributed by atoms with E-state index in [2.05, 4.69) is 15.6 Å². The first-order valence-electron chi connectivity index (χ1n) is 4.22. The van der Waals surface area contributed by atoms with E-state index in [1.54, 1.807) is 17.6 Å². The van der Waals surface area contributed by atoms with E-state index in [0.29, 0.717) is 5.95 Å². The number of nitrogens with one attached hydrogen (secondary N) is 2. The molecule has 2 aromatic rings. The Morgan fingerprint density at radius 1 is 1.50 bits per heavy atom. The van der Waals surface area contributed by atoms with Crippen molar-refractivity contribution in [2.75, 3.05) is 12.4 Å². The van der Waals surface area contributed by atoms with E-state index in [1.165, 1.54) is 0 Å². The third kappa shape index (κ3) is 1.39. The SMILES string of the molecule is CNC(=O)Nc1ncc2ccccn12. The van der Waals surface area contributed by atoms with Crippen molar-refractivity contribution in [3.63, 3.8) is 0 Å². The summed E-state index contributed by atoms with van der Waals surface area (Å²) >= 11 is 0. The molecular weight excluding hydrogens is 180 g/mol. The van der Waals surface area contributed by atoms with Crippen LogP contribution in [0.15, 0.2) is 30.6 Å². The molecule has 2 N–H and O–H groups in total. The molecule has 0 aliphatic carbocycles. The highest BCUT2D eigenvalue weighted by Gasteiger charge is 2.04. The largest absolute Gasteiger partial charge is 0.341 e. The highest BCUT2D eigenvalue weighted by Crippen LogP contribution is 2.09. The minimum Gasteiger partial charge on any atom is -0.341 e. The van der Waals surface area contributed by atoms with E-state index in [-0.39, 0.29) is 6.03 Å². The Labute approximate surface area is 80.8 Å². The summed E-state index contributed by atoms with van der Waals surface area (Å²) in [5.74, 6) is 0.514. The standard InChI is InChI=1S/C9H10N4O/c1-10-9(14)12-8-11-6-7-4-2-3-5-13(7)8/h2-6H,1H3,(H2,10,11,12,14). The van der Waals surface area contributed by atoms with Crippen LogP contribution in [0.1, 0.15) is 0 Å². The van der Waals surface area contributed by atoms with Crippen LogP contribution >= 0.6 is 0 Å². The number of carbonyl (C=O) groups is 1. The van der Waals surface area contributed by atoms with Crippen LogP contribution in [0.2, 0.25) is 0 Å². The average Bonchev–Trinajstić information content (AvgIpc) is 2.62. The maximum atomic E-state index is 11.0. The first-order chi connectivity index (χ1) is 6.81. The van der Waals surface area contributed by atoms with Crippen LogP contribution in [-0.4, -0.2) is 22.5 Å². The van der Waals surface area contributed by atoms with Gasteiger partial charge in [0, 0.05) is 13.2 Å². The number of carbonyl (C=O) groups excluding carboxylic acids is 1. The van der Waals surface area contributed by atoms with Crippen LogP contribution in [0.5, 0.6) is 0 Å². The van der Waals surface area contributed by atoms with Gasteiger partial charge in [0.25, 0.3) is 0 Å². The summed E-state index contributed by atoms with van der Waals surface area (Å²) in [5, 5.41) is 5.08. The van der Waals surface area contributed by atoms with Gasteiger partial charge < -0.3 is 5.32 Å². The summed E-state index contributed by atoms with van der Waals surface area (Å²) in [6.45, 7) is 0. The van der Waals surface area contributed by atoms with E-state index in [0.717, 1.165) is 5.52 Å². The van der Waals surface area contributed by atoms with Crippen molar-refractivity contribution < 1.29 is 4.79 Å². The van der Waals surface area contributed by atoms with Crippen LogP contribution in [0, 0.1) is 0 Å². The van der Waals surface area contributed by atoms with Crippen molar-refractivity contribution in [1.29, 1.82) is 0 Å². The third-order valence-corrected chi connectivity index (χ3v) is 1.89. The van der Waals surface area contributed by atoms with E-state index >= 15 is 0 Å². The summed E-state index contributed by atoms with van der Waals surface area (Å²) in [4.78, 5) is 15.1. The average molecular weight is 190 g/mol. The first kappa shape index (κ1) is 8.55. The maximum absolute atomic E-state index is 11.0. The van der Waals surface area contributed by atoms with Gasteiger partial charge in [-0.1, -0.05) is 6.07 Å². The van der Waals surface area contributed by atoms with Crippen LogP contribution < -0.4 is 10.6 Å². The number of urea groups is 1. The van der Waals surface area contributed by atoms with Gasteiger partial charge >= 0.3 is 6.03 Å². The third-order valence-electron chi connectivity index (χ3n) is 1.89. The summed E-state index contributed by atoms with van der Waals surface area (Å²) in [6.07, 6.45) is 3.54. The van der Waals surface area contributed by atoms with E-state index in [4.69, 9.17) is 0 Å². The van der Waals surface area contributed by atoms with Crippen molar-refractivity contribution in [3.05, 3.63) is 30.6 Å². The lowest BCUT2D eigenvalue weighted by atomic mass is 10.4. The Hall–Kier alpha value is -2.04. The normalized spacial score (nSPS) is 10.1. The van der Waals surface area contributed by atoms with Gasteiger partial charge in [-0.25, -0.2) is 9.78 Å². The van der Waals surface area contributed by atoms with Crippen molar-refractivity contribution in [2.45, 2.75) is 0 Å². The molecule has 72 valence electrons. The van der Waals surface area contributed by atoms with Crippen LogP contribution in [0.25, 0.3) is 5.52 Å². The van der Waals surface area contributed by atoms with Gasteiger partial charge in [0.15, 0.2) is 0 Å². The fraction of sp³-hybridized carbons (Fsp3) is 0.111. The summed E-state index contributed by atoms with van der Waals surface area (Å²) < 4.78 is 1.80. The molecule has 0 aliphatic rings. The molecule has 0 atom stereocenters. The zero-order valence-electron chi connectivity index (χ0n) is 7.69. The van der Waals surface area contributed by atoms with Gasteiger partial charge in [-0.05, 0) is 12.1 Å². The van der Waals surface area contributed by atoms with Crippen molar-refractivity contribution in [2.24, 2.45) is 0 Å². The zero-order valence-corrected chi connectivity index (χ0v) is 7.69. The minimum atomic E-state index is -0.277.